The van der Waals surface area contributed by atoms with E-state index < -0.39 is 4.92 Å². The van der Waals surface area contributed by atoms with Gasteiger partial charge in [-0.15, -0.1) is 24.0 Å². The summed E-state index contributed by atoms with van der Waals surface area (Å²) in [5.41, 5.74) is 0.633. The molecule has 0 unspecified atom stereocenters. The molecule has 0 fully saturated rings. The lowest BCUT2D eigenvalue weighted by atomic mass is 10.2. The zero-order chi connectivity index (χ0) is 19.5. The molecule has 2 aromatic rings. The van der Waals surface area contributed by atoms with Crippen LogP contribution in [0.4, 0.5) is 5.69 Å². The fourth-order valence-electron chi connectivity index (χ4n) is 2.34. The van der Waals surface area contributed by atoms with E-state index in [1.165, 1.54) is 6.07 Å². The molecule has 0 aliphatic carbocycles. The van der Waals surface area contributed by atoms with Crippen molar-refractivity contribution >= 4 is 35.6 Å². The molecular weight excluding hydrogens is 475 g/mol. The minimum atomic E-state index is -0.395. The Bertz CT molecular complexity index is 769. The molecule has 0 aromatic heterocycles. The van der Waals surface area contributed by atoms with Crippen molar-refractivity contribution in [3.8, 4) is 11.5 Å². The highest BCUT2D eigenvalue weighted by Crippen LogP contribution is 2.18. The Morgan fingerprint density at radius 1 is 1.11 bits per heavy atom. The third-order valence-electron chi connectivity index (χ3n) is 3.66. The van der Waals surface area contributed by atoms with Gasteiger partial charge in [0.05, 0.1) is 30.7 Å². The van der Waals surface area contributed by atoms with Crippen molar-refractivity contribution in [2.45, 2.75) is 13.5 Å². The highest BCUT2D eigenvalue weighted by atomic mass is 127. The smallest absolute Gasteiger partial charge is 0.274 e. The van der Waals surface area contributed by atoms with Crippen LogP contribution in [0, 0.1) is 10.1 Å². The maximum Gasteiger partial charge on any atom is 0.274 e. The molecule has 2 aromatic carbocycles. The Morgan fingerprint density at radius 2 is 1.79 bits per heavy atom. The number of benzene rings is 2. The molecular formula is C19H25IN4O4. The molecule has 0 amide bonds. The number of halogens is 1. The fourth-order valence-corrected chi connectivity index (χ4v) is 2.34. The second-order valence-corrected chi connectivity index (χ2v) is 5.53. The zero-order valence-corrected chi connectivity index (χ0v) is 18.2. The minimum absolute atomic E-state index is 0. The maximum atomic E-state index is 11.1. The lowest BCUT2D eigenvalue weighted by molar-refractivity contribution is -0.385. The van der Waals surface area contributed by atoms with Gasteiger partial charge in [0.25, 0.3) is 5.69 Å². The van der Waals surface area contributed by atoms with E-state index in [9.17, 15) is 10.1 Å². The van der Waals surface area contributed by atoms with E-state index in [1.54, 1.807) is 25.3 Å². The molecule has 0 radical (unpaired) electrons. The Kier molecular flexibility index (Phi) is 10.7. The normalized spacial score (nSPS) is 10.6. The molecule has 9 heteroatoms. The number of hydrogen-bond donors (Lipinski definition) is 2. The Balaban J connectivity index is 0.00000392. The monoisotopic (exact) mass is 500 g/mol. The number of aliphatic imine (C=N–C) groups is 1. The van der Waals surface area contributed by atoms with Crippen LogP contribution >= 0.6 is 24.0 Å². The van der Waals surface area contributed by atoms with E-state index in [2.05, 4.69) is 15.6 Å². The van der Waals surface area contributed by atoms with Gasteiger partial charge in [-0.3, -0.25) is 10.1 Å². The van der Waals surface area contributed by atoms with Crippen LogP contribution in [-0.2, 0) is 6.54 Å². The third-order valence-corrected chi connectivity index (χ3v) is 3.66. The summed E-state index contributed by atoms with van der Waals surface area (Å²) >= 11 is 0. The van der Waals surface area contributed by atoms with Crippen molar-refractivity contribution in [3.63, 3.8) is 0 Å². The summed E-state index contributed by atoms with van der Waals surface area (Å²) in [5.74, 6) is 2.10. The SMILES string of the molecule is CCNC(=NCc1ccccc1[N+](=O)[O-])NCCOc1ccc(OC)cc1.I. The molecule has 0 saturated heterocycles. The Morgan fingerprint density at radius 3 is 2.43 bits per heavy atom. The van der Waals surface area contributed by atoms with Gasteiger partial charge in [0.15, 0.2) is 5.96 Å². The van der Waals surface area contributed by atoms with Crippen molar-refractivity contribution < 1.29 is 14.4 Å². The summed E-state index contributed by atoms with van der Waals surface area (Å²) in [5, 5.41) is 17.3. The topological polar surface area (TPSA) is 98.0 Å². The first-order chi connectivity index (χ1) is 13.1. The van der Waals surface area contributed by atoms with Crippen molar-refractivity contribution in [1.29, 1.82) is 0 Å². The van der Waals surface area contributed by atoms with E-state index >= 15 is 0 Å². The van der Waals surface area contributed by atoms with E-state index in [0.717, 1.165) is 11.5 Å². The Hall–Kier alpha value is -2.56. The number of guanidine groups is 1. The molecule has 0 aliphatic rings. The lowest BCUT2D eigenvalue weighted by Gasteiger charge is -2.12. The molecule has 8 nitrogen and oxygen atoms in total. The number of methoxy groups -OCH3 is 1. The van der Waals surface area contributed by atoms with Gasteiger partial charge in [0, 0.05) is 12.6 Å². The van der Waals surface area contributed by atoms with Gasteiger partial charge in [0.1, 0.15) is 18.1 Å². The lowest BCUT2D eigenvalue weighted by Crippen LogP contribution is -2.39. The van der Waals surface area contributed by atoms with E-state index in [0.29, 0.717) is 31.2 Å². The van der Waals surface area contributed by atoms with Gasteiger partial charge < -0.3 is 20.1 Å². The summed E-state index contributed by atoms with van der Waals surface area (Å²) in [6, 6.07) is 13.9. The zero-order valence-electron chi connectivity index (χ0n) is 15.9. The molecule has 2 N–H and O–H groups in total. The summed E-state index contributed by atoms with van der Waals surface area (Å²) in [4.78, 5) is 15.1. The number of nitrogens with zero attached hydrogens (tertiary/aromatic N) is 2. The minimum Gasteiger partial charge on any atom is -0.497 e. The second-order valence-electron chi connectivity index (χ2n) is 5.53. The number of ether oxygens (including phenoxy) is 2. The number of hydrogen-bond acceptors (Lipinski definition) is 5. The van der Waals surface area contributed by atoms with Crippen molar-refractivity contribution in [3.05, 3.63) is 64.2 Å². The molecule has 0 atom stereocenters. The van der Waals surface area contributed by atoms with Crippen LogP contribution < -0.4 is 20.1 Å². The van der Waals surface area contributed by atoms with Crippen LogP contribution in [-0.4, -0.2) is 37.7 Å². The van der Waals surface area contributed by atoms with Crippen LogP contribution in [0.25, 0.3) is 0 Å². The van der Waals surface area contributed by atoms with Crippen molar-refractivity contribution in [1.82, 2.24) is 10.6 Å². The van der Waals surface area contributed by atoms with Crippen LogP contribution in [0.2, 0.25) is 0 Å². The molecule has 28 heavy (non-hydrogen) atoms. The summed E-state index contributed by atoms with van der Waals surface area (Å²) < 4.78 is 10.8. The van der Waals surface area contributed by atoms with Gasteiger partial charge in [-0.1, -0.05) is 18.2 Å². The van der Waals surface area contributed by atoms with Gasteiger partial charge in [-0.2, -0.15) is 0 Å². The van der Waals surface area contributed by atoms with Crippen LogP contribution in [0.3, 0.4) is 0 Å². The van der Waals surface area contributed by atoms with Crippen LogP contribution in [0.5, 0.6) is 11.5 Å². The summed E-state index contributed by atoms with van der Waals surface area (Å²) in [7, 11) is 1.62. The van der Waals surface area contributed by atoms with Gasteiger partial charge >= 0.3 is 0 Å². The second kappa shape index (κ2) is 12.8. The first-order valence-corrected chi connectivity index (χ1v) is 8.65. The van der Waals surface area contributed by atoms with Crippen LogP contribution in [0.15, 0.2) is 53.5 Å². The third kappa shape index (κ3) is 7.59. The number of para-hydroxylation sites is 1. The number of nitro groups is 1. The fraction of sp³-hybridized carbons (Fsp3) is 0.316. The highest BCUT2D eigenvalue weighted by Gasteiger charge is 2.11. The molecule has 152 valence electrons. The average molecular weight is 500 g/mol. The van der Waals surface area contributed by atoms with Crippen LogP contribution in [0.1, 0.15) is 12.5 Å². The summed E-state index contributed by atoms with van der Waals surface area (Å²) in [6.07, 6.45) is 0. The predicted octanol–water partition coefficient (Wildman–Crippen LogP) is 3.36. The summed E-state index contributed by atoms with van der Waals surface area (Å²) in [6.45, 7) is 3.83. The number of nitro benzene ring substituents is 1. The largest absolute Gasteiger partial charge is 0.497 e. The van der Waals surface area contributed by atoms with E-state index in [-0.39, 0.29) is 36.2 Å². The van der Waals surface area contributed by atoms with Crippen molar-refractivity contribution in [2.24, 2.45) is 4.99 Å². The van der Waals surface area contributed by atoms with Gasteiger partial charge in [0.2, 0.25) is 0 Å². The highest BCUT2D eigenvalue weighted by molar-refractivity contribution is 14.0. The molecule has 0 spiro atoms. The average Bonchev–Trinajstić information content (AvgIpc) is 2.69. The molecule has 0 saturated carbocycles. The molecule has 0 heterocycles. The number of nitrogens with one attached hydrogen (secondary N) is 2. The molecule has 2 rings (SSSR count). The Labute approximate surface area is 181 Å². The number of rotatable bonds is 9. The predicted molar refractivity (Wildman–Crippen MR) is 120 cm³/mol. The molecule has 0 bridgehead atoms. The first-order valence-electron chi connectivity index (χ1n) is 8.65. The molecule has 0 aliphatic heterocycles. The maximum absolute atomic E-state index is 11.1. The van der Waals surface area contributed by atoms with Crippen molar-refractivity contribution in [2.75, 3.05) is 26.8 Å². The van der Waals surface area contributed by atoms with Gasteiger partial charge in [-0.25, -0.2) is 4.99 Å². The quantitative estimate of drug-likeness (QED) is 0.137. The van der Waals surface area contributed by atoms with Gasteiger partial charge in [-0.05, 0) is 31.2 Å². The van der Waals surface area contributed by atoms with E-state index in [1.807, 2.05) is 31.2 Å². The standard InChI is InChI=1S/C19H24N4O4.HI/c1-3-20-19(22-14-15-6-4-5-7-18(15)23(24)25)21-12-13-27-17-10-8-16(26-2)9-11-17;/h4-11H,3,12-14H2,1-2H3,(H2,20,21,22);1H. The first kappa shape index (κ1) is 23.5. The van der Waals surface area contributed by atoms with E-state index in [4.69, 9.17) is 9.47 Å².